The van der Waals surface area contributed by atoms with E-state index in [9.17, 15) is 18.5 Å². The van der Waals surface area contributed by atoms with Crippen LogP contribution in [0.25, 0.3) is 0 Å². The van der Waals surface area contributed by atoms with E-state index in [0.717, 1.165) is 6.42 Å². The molecule has 1 fully saturated rings. The van der Waals surface area contributed by atoms with Gasteiger partial charge in [0.2, 0.25) is 0 Å². The first-order valence-electron chi connectivity index (χ1n) is 7.26. The van der Waals surface area contributed by atoms with Gasteiger partial charge in [-0.1, -0.05) is 24.3 Å². The molecule has 0 aliphatic heterocycles. The van der Waals surface area contributed by atoms with Gasteiger partial charge in [-0.2, -0.15) is 0 Å². The molecule has 2 bridgehead atoms. The molecule has 0 amide bonds. The van der Waals surface area contributed by atoms with Crippen molar-refractivity contribution in [1.82, 2.24) is 0 Å². The van der Waals surface area contributed by atoms with Crippen LogP contribution in [0.2, 0.25) is 0 Å². The summed E-state index contributed by atoms with van der Waals surface area (Å²) in [4.78, 5) is 10.4. The van der Waals surface area contributed by atoms with E-state index in [0.29, 0.717) is 19.3 Å². The highest BCUT2D eigenvalue weighted by atomic mass is 32.2. The summed E-state index contributed by atoms with van der Waals surface area (Å²) < 4.78 is 25.4. The lowest BCUT2D eigenvalue weighted by Crippen LogP contribution is -2.50. The van der Waals surface area contributed by atoms with E-state index in [-0.39, 0.29) is 22.5 Å². The molecular formula is C15H18N2O4S. The van der Waals surface area contributed by atoms with Crippen LogP contribution in [0.5, 0.6) is 0 Å². The van der Waals surface area contributed by atoms with Crippen LogP contribution in [0.1, 0.15) is 25.7 Å². The Labute approximate surface area is 129 Å². The molecule has 0 aromatic heterocycles. The van der Waals surface area contributed by atoms with Crippen LogP contribution in [0, 0.1) is 16.0 Å². The van der Waals surface area contributed by atoms with Crippen molar-refractivity contribution in [2.45, 2.75) is 41.4 Å². The summed E-state index contributed by atoms with van der Waals surface area (Å²) in [5, 5.41) is 11.2. The monoisotopic (exact) mass is 322 g/mol. The smallest absolute Gasteiger partial charge is 0.287 e. The Morgan fingerprint density at radius 1 is 1.27 bits per heavy atom. The predicted octanol–water partition coefficient (Wildman–Crippen LogP) is 2.19. The van der Waals surface area contributed by atoms with Crippen LogP contribution >= 0.6 is 0 Å². The molecule has 6 nitrogen and oxygen atoms in total. The molecule has 1 aromatic carbocycles. The second-order valence-corrected chi connectivity index (χ2v) is 8.52. The van der Waals surface area contributed by atoms with Gasteiger partial charge < -0.3 is 5.73 Å². The molecule has 3 rings (SSSR count). The fourth-order valence-corrected chi connectivity index (χ4v) is 6.11. The molecule has 0 spiro atoms. The molecule has 3 unspecified atom stereocenters. The lowest BCUT2D eigenvalue weighted by molar-refractivity contribution is -0.387. The van der Waals surface area contributed by atoms with E-state index in [4.69, 9.17) is 5.73 Å². The highest BCUT2D eigenvalue weighted by molar-refractivity contribution is 7.93. The number of sulfone groups is 1. The number of nitrogens with zero attached hydrogens (tertiary/aromatic N) is 1. The van der Waals surface area contributed by atoms with Gasteiger partial charge in [0.1, 0.15) is 4.90 Å². The largest absolute Gasteiger partial charge is 0.328 e. The van der Waals surface area contributed by atoms with Crippen molar-refractivity contribution < 1.29 is 13.3 Å². The number of hydrogen-bond donors (Lipinski definition) is 1. The van der Waals surface area contributed by atoms with Gasteiger partial charge in [0.15, 0.2) is 9.84 Å². The predicted molar refractivity (Wildman–Crippen MR) is 82.1 cm³/mol. The van der Waals surface area contributed by atoms with Crippen molar-refractivity contribution in [3.8, 4) is 0 Å². The van der Waals surface area contributed by atoms with Crippen molar-refractivity contribution in [3.05, 3.63) is 46.5 Å². The van der Waals surface area contributed by atoms with Gasteiger partial charge in [-0.15, -0.1) is 0 Å². The fourth-order valence-electron chi connectivity index (χ4n) is 3.78. The Balaban J connectivity index is 2.14. The van der Waals surface area contributed by atoms with Crippen molar-refractivity contribution in [2.75, 3.05) is 0 Å². The summed E-state index contributed by atoms with van der Waals surface area (Å²) in [6.45, 7) is 0. The van der Waals surface area contributed by atoms with Crippen LogP contribution in [-0.2, 0) is 9.84 Å². The van der Waals surface area contributed by atoms with Crippen LogP contribution in [0.15, 0.2) is 41.3 Å². The first-order valence-corrected chi connectivity index (χ1v) is 8.74. The molecule has 0 saturated heterocycles. The summed E-state index contributed by atoms with van der Waals surface area (Å²) in [5.74, 6) is 0.134. The number of para-hydroxylation sites is 1. The van der Waals surface area contributed by atoms with E-state index in [1.807, 2.05) is 12.2 Å². The zero-order valence-electron chi connectivity index (χ0n) is 12.0. The third-order valence-corrected chi connectivity index (χ3v) is 7.26. The maximum Gasteiger partial charge on any atom is 0.287 e. The second kappa shape index (κ2) is 5.17. The van der Waals surface area contributed by atoms with Crippen molar-refractivity contribution >= 4 is 15.5 Å². The number of fused-ring (bicyclic) bond motifs is 2. The Kier molecular flexibility index (Phi) is 3.57. The number of benzene rings is 1. The fraction of sp³-hybridized carbons (Fsp3) is 0.467. The number of allylic oxidation sites excluding steroid dienone is 2. The Morgan fingerprint density at radius 3 is 2.73 bits per heavy atom. The average molecular weight is 322 g/mol. The Bertz CT molecular complexity index is 744. The van der Waals surface area contributed by atoms with Crippen LogP contribution in [0.3, 0.4) is 0 Å². The van der Waals surface area contributed by atoms with Gasteiger partial charge in [0, 0.05) is 12.1 Å². The Hall–Kier alpha value is -1.73. The first kappa shape index (κ1) is 15.2. The molecular weight excluding hydrogens is 304 g/mol. The van der Waals surface area contributed by atoms with Crippen molar-refractivity contribution in [2.24, 2.45) is 11.7 Å². The molecule has 2 N–H and O–H groups in total. The first-order chi connectivity index (χ1) is 10.4. The number of rotatable bonds is 3. The number of nitro benzene ring substituents is 1. The van der Waals surface area contributed by atoms with E-state index in [2.05, 4.69) is 0 Å². The van der Waals surface area contributed by atoms with E-state index in [1.165, 1.54) is 24.3 Å². The zero-order chi connectivity index (χ0) is 16.0. The van der Waals surface area contributed by atoms with Gasteiger partial charge in [-0.3, -0.25) is 10.1 Å². The maximum atomic E-state index is 13.2. The standard InChI is InChI=1S/C15H18N2O4S/c16-12-8-11-4-3-7-15(9-11,10-12)22(20,21)14-6-2-1-5-13(14)17(18)19/h1-6,11-12H,7-10,16H2. The number of hydrogen-bond acceptors (Lipinski definition) is 5. The minimum absolute atomic E-state index is 0.134. The second-order valence-electron chi connectivity index (χ2n) is 6.21. The molecule has 0 heterocycles. The summed E-state index contributed by atoms with van der Waals surface area (Å²) in [6.07, 6.45) is 5.88. The van der Waals surface area contributed by atoms with Crippen molar-refractivity contribution in [3.63, 3.8) is 0 Å². The molecule has 1 aromatic rings. The lowest BCUT2D eigenvalue weighted by atomic mass is 9.73. The van der Waals surface area contributed by atoms with E-state index in [1.54, 1.807) is 0 Å². The summed E-state index contributed by atoms with van der Waals surface area (Å²) in [5.41, 5.74) is 5.69. The quantitative estimate of drug-likeness (QED) is 0.522. The van der Waals surface area contributed by atoms with Crippen LogP contribution < -0.4 is 5.73 Å². The minimum Gasteiger partial charge on any atom is -0.328 e. The van der Waals surface area contributed by atoms with Gasteiger partial charge >= 0.3 is 0 Å². The Morgan fingerprint density at radius 2 is 2.00 bits per heavy atom. The van der Waals surface area contributed by atoms with E-state index >= 15 is 0 Å². The minimum atomic E-state index is -3.84. The molecule has 0 radical (unpaired) electrons. The van der Waals surface area contributed by atoms with Gasteiger partial charge in [-0.25, -0.2) is 8.42 Å². The molecule has 118 valence electrons. The molecule has 2 aliphatic carbocycles. The molecule has 22 heavy (non-hydrogen) atoms. The lowest BCUT2D eigenvalue weighted by Gasteiger charge is -2.44. The molecule has 1 saturated carbocycles. The third-order valence-electron chi connectivity index (χ3n) is 4.69. The van der Waals surface area contributed by atoms with Crippen molar-refractivity contribution in [1.29, 1.82) is 0 Å². The van der Waals surface area contributed by atoms with Crippen LogP contribution in [-0.4, -0.2) is 24.1 Å². The van der Waals surface area contributed by atoms with Crippen LogP contribution in [0.4, 0.5) is 5.69 Å². The summed E-state index contributed by atoms with van der Waals surface area (Å²) in [6, 6.07) is 5.37. The number of nitro groups is 1. The summed E-state index contributed by atoms with van der Waals surface area (Å²) >= 11 is 0. The SMILES string of the molecule is NC1CC2C=CCC(S(=O)(=O)c3ccccc3[N+](=O)[O-])(C1)C2. The van der Waals surface area contributed by atoms with Gasteiger partial charge in [0.05, 0.1) is 9.67 Å². The molecule has 3 atom stereocenters. The molecule has 7 heteroatoms. The summed E-state index contributed by atoms with van der Waals surface area (Å²) in [7, 11) is -3.84. The van der Waals surface area contributed by atoms with Gasteiger partial charge in [0.25, 0.3) is 5.69 Å². The van der Waals surface area contributed by atoms with E-state index < -0.39 is 19.5 Å². The maximum absolute atomic E-state index is 13.2. The van der Waals surface area contributed by atoms with Gasteiger partial charge in [-0.05, 0) is 37.7 Å². The highest BCUT2D eigenvalue weighted by Crippen LogP contribution is 2.47. The third kappa shape index (κ3) is 2.24. The zero-order valence-corrected chi connectivity index (χ0v) is 12.8. The average Bonchev–Trinajstić information content (AvgIpc) is 2.46. The highest BCUT2D eigenvalue weighted by Gasteiger charge is 2.51. The number of nitrogens with two attached hydrogens (primary N) is 1. The normalized spacial score (nSPS) is 31.0. The topological polar surface area (TPSA) is 103 Å². The molecule has 2 aliphatic rings.